The molecule has 1 aromatic heterocycles. The van der Waals surface area contributed by atoms with Crippen molar-refractivity contribution in [3.05, 3.63) is 36.0 Å². The van der Waals surface area contributed by atoms with E-state index >= 15 is 0 Å². The fraction of sp³-hybridized carbons (Fsp3) is 0.429. The molecule has 1 atom stereocenters. The summed E-state index contributed by atoms with van der Waals surface area (Å²) >= 11 is 0. The summed E-state index contributed by atoms with van der Waals surface area (Å²) in [6.45, 7) is 3.24. The average molecular weight is 229 g/mol. The van der Waals surface area contributed by atoms with Crippen molar-refractivity contribution in [3.63, 3.8) is 0 Å². The summed E-state index contributed by atoms with van der Waals surface area (Å²) in [7, 11) is 2.12. The Morgan fingerprint density at radius 1 is 1.29 bits per heavy atom. The van der Waals surface area contributed by atoms with E-state index in [9.17, 15) is 0 Å². The first kappa shape index (κ1) is 10.8. The van der Waals surface area contributed by atoms with Gasteiger partial charge in [0, 0.05) is 49.8 Å². The third kappa shape index (κ3) is 2.08. The van der Waals surface area contributed by atoms with E-state index in [1.54, 1.807) is 0 Å². The van der Waals surface area contributed by atoms with Crippen LogP contribution in [0, 0.1) is 0 Å². The second-order valence-corrected chi connectivity index (χ2v) is 4.84. The molecule has 3 heteroatoms. The van der Waals surface area contributed by atoms with Crippen LogP contribution in [0.5, 0.6) is 0 Å². The van der Waals surface area contributed by atoms with Crippen molar-refractivity contribution >= 4 is 10.9 Å². The Morgan fingerprint density at radius 3 is 3.00 bits per heavy atom. The molecule has 0 amide bonds. The number of aryl methyl sites for hydroxylation is 1. The van der Waals surface area contributed by atoms with E-state index in [4.69, 9.17) is 0 Å². The van der Waals surface area contributed by atoms with Crippen molar-refractivity contribution in [1.82, 2.24) is 15.2 Å². The number of aromatic nitrogens is 1. The number of fused-ring (bicyclic) bond motifs is 1. The first-order valence-electron chi connectivity index (χ1n) is 6.31. The van der Waals surface area contributed by atoms with Crippen LogP contribution in [0.3, 0.4) is 0 Å². The first-order valence-corrected chi connectivity index (χ1v) is 6.31. The van der Waals surface area contributed by atoms with Crippen molar-refractivity contribution < 1.29 is 0 Å². The van der Waals surface area contributed by atoms with Crippen LogP contribution >= 0.6 is 0 Å². The lowest BCUT2D eigenvalue weighted by molar-refractivity contribution is 0.417. The predicted octanol–water partition coefficient (Wildman–Crippen LogP) is 1.28. The molecular weight excluding hydrogens is 210 g/mol. The Labute approximate surface area is 102 Å². The standard InChI is InChI=1S/C14H19N3/c1-17-10-11(8-12-9-15-6-7-16-12)13-4-2-3-5-14(13)17/h2-5,10,12,15-16H,6-9H2,1H3. The van der Waals surface area contributed by atoms with Gasteiger partial charge in [-0.15, -0.1) is 0 Å². The molecule has 90 valence electrons. The third-order valence-corrected chi connectivity index (χ3v) is 3.57. The van der Waals surface area contributed by atoms with Crippen molar-refractivity contribution in [1.29, 1.82) is 0 Å². The summed E-state index contributed by atoms with van der Waals surface area (Å²) in [5.41, 5.74) is 2.77. The van der Waals surface area contributed by atoms with Gasteiger partial charge in [0.2, 0.25) is 0 Å². The molecule has 0 saturated carbocycles. The predicted molar refractivity (Wildman–Crippen MR) is 71.3 cm³/mol. The number of piperazine rings is 1. The maximum absolute atomic E-state index is 3.57. The molecule has 0 bridgehead atoms. The van der Waals surface area contributed by atoms with Gasteiger partial charge in [-0.2, -0.15) is 0 Å². The van der Waals surface area contributed by atoms with Crippen LogP contribution in [0.25, 0.3) is 10.9 Å². The maximum atomic E-state index is 3.57. The van der Waals surface area contributed by atoms with Crippen LogP contribution in [0.2, 0.25) is 0 Å². The van der Waals surface area contributed by atoms with Crippen LogP contribution in [0.1, 0.15) is 5.56 Å². The van der Waals surface area contributed by atoms with Gasteiger partial charge in [-0.3, -0.25) is 0 Å². The normalized spacial score (nSPS) is 20.9. The molecule has 1 fully saturated rings. The number of nitrogens with one attached hydrogen (secondary N) is 2. The molecule has 1 aromatic carbocycles. The van der Waals surface area contributed by atoms with Crippen LogP contribution in [-0.4, -0.2) is 30.2 Å². The van der Waals surface area contributed by atoms with E-state index in [2.05, 4.69) is 52.7 Å². The molecule has 0 spiro atoms. The fourth-order valence-corrected chi connectivity index (χ4v) is 2.71. The van der Waals surface area contributed by atoms with Crippen LogP contribution in [-0.2, 0) is 13.5 Å². The molecule has 0 aliphatic carbocycles. The Morgan fingerprint density at radius 2 is 2.18 bits per heavy atom. The van der Waals surface area contributed by atoms with Crippen LogP contribution in [0.15, 0.2) is 30.5 Å². The van der Waals surface area contributed by atoms with Crippen molar-refractivity contribution in [2.45, 2.75) is 12.5 Å². The zero-order valence-electron chi connectivity index (χ0n) is 10.2. The molecule has 1 aliphatic heterocycles. The van der Waals surface area contributed by atoms with Gasteiger partial charge >= 0.3 is 0 Å². The number of rotatable bonds is 2. The van der Waals surface area contributed by atoms with Gasteiger partial charge in [0.05, 0.1) is 0 Å². The Hall–Kier alpha value is -1.32. The number of hydrogen-bond acceptors (Lipinski definition) is 2. The smallest absolute Gasteiger partial charge is 0.0480 e. The summed E-state index contributed by atoms with van der Waals surface area (Å²) in [5.74, 6) is 0. The van der Waals surface area contributed by atoms with E-state index in [1.807, 2.05) is 0 Å². The lowest BCUT2D eigenvalue weighted by Gasteiger charge is -2.24. The molecule has 0 radical (unpaired) electrons. The SMILES string of the molecule is Cn1cc(CC2CNCCN2)c2ccccc21. The summed E-state index contributed by atoms with van der Waals surface area (Å²) in [6, 6.07) is 9.20. The molecule has 2 heterocycles. The highest BCUT2D eigenvalue weighted by molar-refractivity contribution is 5.83. The third-order valence-electron chi connectivity index (χ3n) is 3.57. The van der Waals surface area contributed by atoms with E-state index in [0.29, 0.717) is 6.04 Å². The van der Waals surface area contributed by atoms with Gasteiger partial charge in [-0.1, -0.05) is 18.2 Å². The molecule has 1 unspecified atom stereocenters. The minimum absolute atomic E-state index is 0.564. The minimum Gasteiger partial charge on any atom is -0.350 e. The van der Waals surface area contributed by atoms with Crippen molar-refractivity contribution in [2.75, 3.05) is 19.6 Å². The van der Waals surface area contributed by atoms with E-state index in [1.165, 1.54) is 16.5 Å². The fourth-order valence-electron chi connectivity index (χ4n) is 2.71. The molecule has 3 nitrogen and oxygen atoms in total. The average Bonchev–Trinajstić information content (AvgIpc) is 2.69. The Kier molecular flexibility index (Phi) is 2.87. The maximum Gasteiger partial charge on any atom is 0.0480 e. The summed E-state index contributed by atoms with van der Waals surface area (Å²) in [6.07, 6.45) is 3.37. The second kappa shape index (κ2) is 4.51. The summed E-state index contributed by atoms with van der Waals surface area (Å²) < 4.78 is 2.22. The van der Waals surface area contributed by atoms with Crippen LogP contribution < -0.4 is 10.6 Å². The summed E-state index contributed by atoms with van der Waals surface area (Å²) in [5, 5.41) is 8.40. The zero-order chi connectivity index (χ0) is 11.7. The van der Waals surface area contributed by atoms with Gasteiger partial charge in [-0.05, 0) is 18.1 Å². The lowest BCUT2D eigenvalue weighted by Crippen LogP contribution is -2.49. The molecule has 2 aromatic rings. The minimum atomic E-state index is 0.564. The van der Waals surface area contributed by atoms with Gasteiger partial charge in [0.15, 0.2) is 0 Å². The van der Waals surface area contributed by atoms with Gasteiger partial charge in [0.25, 0.3) is 0 Å². The molecule has 3 rings (SSSR count). The molecule has 1 saturated heterocycles. The number of para-hydroxylation sites is 1. The lowest BCUT2D eigenvalue weighted by atomic mass is 10.0. The molecule has 17 heavy (non-hydrogen) atoms. The second-order valence-electron chi connectivity index (χ2n) is 4.84. The van der Waals surface area contributed by atoms with Gasteiger partial charge in [-0.25, -0.2) is 0 Å². The van der Waals surface area contributed by atoms with Crippen molar-refractivity contribution in [3.8, 4) is 0 Å². The van der Waals surface area contributed by atoms with E-state index in [0.717, 1.165) is 26.1 Å². The number of nitrogens with zero attached hydrogens (tertiary/aromatic N) is 1. The highest BCUT2D eigenvalue weighted by Crippen LogP contribution is 2.21. The van der Waals surface area contributed by atoms with Gasteiger partial charge in [0.1, 0.15) is 0 Å². The molecule has 1 aliphatic rings. The highest BCUT2D eigenvalue weighted by Gasteiger charge is 2.15. The van der Waals surface area contributed by atoms with E-state index < -0.39 is 0 Å². The van der Waals surface area contributed by atoms with Crippen LogP contribution in [0.4, 0.5) is 0 Å². The topological polar surface area (TPSA) is 29.0 Å². The van der Waals surface area contributed by atoms with Gasteiger partial charge < -0.3 is 15.2 Å². The quantitative estimate of drug-likeness (QED) is 0.812. The summed E-state index contributed by atoms with van der Waals surface area (Å²) in [4.78, 5) is 0. The highest BCUT2D eigenvalue weighted by atomic mass is 15.1. The van der Waals surface area contributed by atoms with Crippen molar-refractivity contribution in [2.24, 2.45) is 7.05 Å². The zero-order valence-corrected chi connectivity index (χ0v) is 10.2. The largest absolute Gasteiger partial charge is 0.350 e. The molecule has 2 N–H and O–H groups in total. The molecular formula is C14H19N3. The Bertz CT molecular complexity index is 509. The number of benzene rings is 1. The van der Waals surface area contributed by atoms with E-state index in [-0.39, 0.29) is 0 Å². The first-order chi connectivity index (χ1) is 8.34. The Balaban J connectivity index is 1.89. The number of hydrogen-bond donors (Lipinski definition) is 2. The monoisotopic (exact) mass is 229 g/mol.